The van der Waals surface area contributed by atoms with Crippen LogP contribution in [0.4, 0.5) is 0 Å². The molecule has 0 aliphatic heterocycles. The molecule has 6 heteroatoms. The second-order valence-corrected chi connectivity index (χ2v) is 4.97. The molecule has 2 aliphatic rings. The van der Waals surface area contributed by atoms with Gasteiger partial charge < -0.3 is 9.31 Å². The molecule has 2 aliphatic carbocycles. The van der Waals surface area contributed by atoms with Crippen LogP contribution in [0.3, 0.4) is 0 Å². The van der Waals surface area contributed by atoms with Gasteiger partial charge in [0.05, 0.1) is 11.8 Å². The van der Waals surface area contributed by atoms with Crippen molar-refractivity contribution in [2.45, 2.75) is 19.8 Å². The SMILES string of the molecule is BOC(=O)C1C2CC(C)C(C2)C1C(=O)OB. The Hall–Kier alpha value is -0.930. The summed E-state index contributed by atoms with van der Waals surface area (Å²) < 4.78 is 9.61. The normalized spacial score (nSPS) is 40.7. The van der Waals surface area contributed by atoms with E-state index in [1.54, 1.807) is 0 Å². The van der Waals surface area contributed by atoms with E-state index in [0.717, 1.165) is 12.8 Å². The van der Waals surface area contributed by atoms with Gasteiger partial charge in [-0.05, 0) is 30.6 Å². The molecule has 4 nitrogen and oxygen atoms in total. The number of hydrogen-bond donors (Lipinski definition) is 0. The summed E-state index contributed by atoms with van der Waals surface area (Å²) in [6.45, 7) is 2.15. The Morgan fingerprint density at radius 2 is 1.62 bits per heavy atom. The van der Waals surface area contributed by atoms with Crippen LogP contribution < -0.4 is 0 Å². The van der Waals surface area contributed by atoms with Gasteiger partial charge in [-0.3, -0.25) is 9.59 Å². The fourth-order valence-electron chi connectivity index (χ4n) is 3.62. The number of hydrogen-bond acceptors (Lipinski definition) is 4. The Balaban J connectivity index is 2.24. The second kappa shape index (κ2) is 4.15. The van der Waals surface area contributed by atoms with E-state index in [2.05, 4.69) is 6.92 Å². The lowest BCUT2D eigenvalue weighted by atomic mass is 9.74. The third-order valence-electron chi connectivity index (χ3n) is 4.28. The maximum atomic E-state index is 11.8. The molecule has 16 heavy (non-hydrogen) atoms. The third-order valence-corrected chi connectivity index (χ3v) is 4.28. The quantitative estimate of drug-likeness (QED) is 0.566. The summed E-state index contributed by atoms with van der Waals surface area (Å²) in [6.07, 6.45) is 1.98. The van der Waals surface area contributed by atoms with E-state index in [0.29, 0.717) is 17.8 Å². The van der Waals surface area contributed by atoms with Crippen LogP contribution in [-0.2, 0) is 18.9 Å². The zero-order valence-corrected chi connectivity index (χ0v) is 9.93. The first-order valence-corrected chi connectivity index (χ1v) is 5.75. The minimum absolute atomic E-state index is 0.255. The maximum absolute atomic E-state index is 11.8. The molecular formula is C10H16B2O4. The van der Waals surface area contributed by atoms with Crippen molar-refractivity contribution in [1.29, 1.82) is 0 Å². The van der Waals surface area contributed by atoms with Crippen molar-refractivity contribution in [2.75, 3.05) is 0 Å². The number of fused-ring (bicyclic) bond motifs is 2. The maximum Gasteiger partial charge on any atom is 0.325 e. The molecule has 0 amide bonds. The zero-order chi connectivity index (χ0) is 11.9. The van der Waals surface area contributed by atoms with Gasteiger partial charge in [-0.1, -0.05) is 6.92 Å². The van der Waals surface area contributed by atoms with Gasteiger partial charge in [0.15, 0.2) is 0 Å². The first-order valence-electron chi connectivity index (χ1n) is 5.75. The van der Waals surface area contributed by atoms with E-state index in [-0.39, 0.29) is 23.8 Å². The van der Waals surface area contributed by atoms with Crippen molar-refractivity contribution in [2.24, 2.45) is 29.6 Å². The highest BCUT2D eigenvalue weighted by Gasteiger charge is 2.57. The standard InChI is InChI=1S/C10H16B2O4/c1-4-2-5-3-6(4)8(10(14)16-12)7(5)9(13)15-11/h4-8H,2-3,11-12H2,1H3. The predicted molar refractivity (Wildman–Crippen MR) is 61.6 cm³/mol. The van der Waals surface area contributed by atoms with Gasteiger partial charge in [0.2, 0.25) is 0 Å². The van der Waals surface area contributed by atoms with Gasteiger partial charge in [-0.15, -0.1) is 0 Å². The molecule has 0 aromatic heterocycles. The first kappa shape index (κ1) is 11.6. The average Bonchev–Trinajstić information content (AvgIpc) is 2.82. The molecule has 0 radical (unpaired) electrons. The average molecular weight is 222 g/mol. The summed E-state index contributed by atoms with van der Waals surface area (Å²) in [5.74, 6) is 0.0298. The molecule has 0 heterocycles. The van der Waals surface area contributed by atoms with E-state index in [1.807, 2.05) is 0 Å². The van der Waals surface area contributed by atoms with Crippen LogP contribution in [-0.4, -0.2) is 28.0 Å². The highest BCUT2D eigenvalue weighted by atomic mass is 16.5. The highest BCUT2D eigenvalue weighted by Crippen LogP contribution is 2.55. The lowest BCUT2D eigenvalue weighted by Gasteiger charge is -2.31. The largest absolute Gasteiger partial charge is 0.543 e. The molecule has 0 aromatic rings. The number of rotatable bonds is 2. The molecule has 2 rings (SSSR count). The molecule has 2 bridgehead atoms. The Kier molecular flexibility index (Phi) is 3.00. The zero-order valence-electron chi connectivity index (χ0n) is 9.93. The molecule has 0 aromatic carbocycles. The lowest BCUT2D eigenvalue weighted by molar-refractivity contribution is -0.153. The molecule has 5 unspecified atom stereocenters. The molecule has 2 saturated carbocycles. The summed E-state index contributed by atoms with van der Waals surface area (Å²) in [6, 6.07) is 0. The van der Waals surface area contributed by atoms with Crippen molar-refractivity contribution in [1.82, 2.24) is 0 Å². The van der Waals surface area contributed by atoms with Crippen LogP contribution in [0.1, 0.15) is 19.8 Å². The van der Waals surface area contributed by atoms with Crippen molar-refractivity contribution in [3.05, 3.63) is 0 Å². The summed E-state index contributed by atoms with van der Waals surface area (Å²) in [5.41, 5.74) is 0. The summed E-state index contributed by atoms with van der Waals surface area (Å²) >= 11 is 0. The fraction of sp³-hybridized carbons (Fsp3) is 0.800. The summed E-state index contributed by atoms with van der Waals surface area (Å²) in [5, 5.41) is 0. The Bertz CT molecular complexity index is 320. The Morgan fingerprint density at radius 3 is 2.19 bits per heavy atom. The fourth-order valence-corrected chi connectivity index (χ4v) is 3.62. The summed E-state index contributed by atoms with van der Waals surface area (Å²) in [7, 11) is 2.76. The van der Waals surface area contributed by atoms with E-state index in [4.69, 9.17) is 9.31 Å². The molecule has 86 valence electrons. The van der Waals surface area contributed by atoms with Crippen molar-refractivity contribution >= 4 is 28.0 Å². The Morgan fingerprint density at radius 1 is 1.06 bits per heavy atom. The topological polar surface area (TPSA) is 52.6 Å². The molecule has 2 fully saturated rings. The second-order valence-electron chi connectivity index (χ2n) is 4.97. The minimum atomic E-state index is -0.286. The van der Waals surface area contributed by atoms with E-state index >= 15 is 0 Å². The lowest BCUT2D eigenvalue weighted by Crippen LogP contribution is -2.38. The molecule has 0 N–H and O–H groups in total. The Labute approximate surface area is 96.9 Å². The van der Waals surface area contributed by atoms with Crippen LogP contribution in [0, 0.1) is 29.6 Å². The molecule has 0 saturated heterocycles. The van der Waals surface area contributed by atoms with Gasteiger partial charge >= 0.3 is 16.1 Å². The van der Waals surface area contributed by atoms with Gasteiger partial charge in [-0.25, -0.2) is 0 Å². The van der Waals surface area contributed by atoms with Crippen LogP contribution in [0.2, 0.25) is 0 Å². The smallest absolute Gasteiger partial charge is 0.325 e. The third kappa shape index (κ3) is 1.55. The van der Waals surface area contributed by atoms with Crippen LogP contribution >= 0.6 is 0 Å². The van der Waals surface area contributed by atoms with Crippen molar-refractivity contribution < 1.29 is 18.9 Å². The molecule has 0 spiro atoms. The highest BCUT2D eigenvalue weighted by molar-refractivity contribution is 6.08. The molecular weight excluding hydrogens is 206 g/mol. The predicted octanol–water partition coefficient (Wildman–Crippen LogP) is -0.923. The van der Waals surface area contributed by atoms with Gasteiger partial charge in [0.25, 0.3) is 11.9 Å². The van der Waals surface area contributed by atoms with Gasteiger partial charge in [-0.2, -0.15) is 0 Å². The number of carbonyl (C=O) groups is 2. The van der Waals surface area contributed by atoms with Crippen molar-refractivity contribution in [3.63, 3.8) is 0 Å². The molecule has 5 atom stereocenters. The van der Waals surface area contributed by atoms with E-state index < -0.39 is 0 Å². The minimum Gasteiger partial charge on any atom is -0.543 e. The van der Waals surface area contributed by atoms with Crippen LogP contribution in [0.15, 0.2) is 0 Å². The summed E-state index contributed by atoms with van der Waals surface area (Å²) in [4.78, 5) is 23.5. The number of carbonyl (C=O) groups excluding carboxylic acids is 2. The van der Waals surface area contributed by atoms with E-state index in [1.165, 1.54) is 16.1 Å². The van der Waals surface area contributed by atoms with Crippen molar-refractivity contribution in [3.8, 4) is 0 Å². The van der Waals surface area contributed by atoms with Gasteiger partial charge in [0.1, 0.15) is 0 Å². The van der Waals surface area contributed by atoms with Gasteiger partial charge in [0, 0.05) is 0 Å². The van der Waals surface area contributed by atoms with E-state index in [9.17, 15) is 9.59 Å². The van der Waals surface area contributed by atoms with Crippen LogP contribution in [0.25, 0.3) is 0 Å². The first-order chi connectivity index (χ1) is 7.60. The monoisotopic (exact) mass is 222 g/mol. The van der Waals surface area contributed by atoms with Crippen LogP contribution in [0.5, 0.6) is 0 Å².